The van der Waals surface area contributed by atoms with E-state index in [4.69, 9.17) is 10.5 Å². The van der Waals surface area contributed by atoms with Gasteiger partial charge in [0.05, 0.1) is 18.5 Å². The van der Waals surface area contributed by atoms with Crippen molar-refractivity contribution in [2.24, 2.45) is 0 Å². The summed E-state index contributed by atoms with van der Waals surface area (Å²) in [6, 6.07) is 11.9. The lowest BCUT2D eigenvalue weighted by atomic mass is 10.2. The zero-order chi connectivity index (χ0) is 15.4. The molecule has 2 aromatic rings. The van der Waals surface area contributed by atoms with Crippen LogP contribution in [0.5, 0.6) is 5.75 Å². The van der Waals surface area contributed by atoms with Crippen LogP contribution in [0.3, 0.4) is 0 Å². The summed E-state index contributed by atoms with van der Waals surface area (Å²) in [5.41, 5.74) is 6.67. The van der Waals surface area contributed by atoms with Gasteiger partial charge >= 0.3 is 0 Å². The molecular weight excluding hydrogens is 288 g/mol. The molecule has 1 amide bonds. The standard InChI is InChI=1S/C15H16N2O3S/c1-10(18)17-15-9-13(6-7-14(15)16)21(19)12-5-3-4-11(8-12)20-2/h3-9H,16H2,1-2H3,(H,17,18). The molecule has 0 aliphatic heterocycles. The van der Waals surface area contributed by atoms with Crippen LogP contribution in [0.25, 0.3) is 0 Å². The van der Waals surface area contributed by atoms with E-state index in [9.17, 15) is 9.35 Å². The molecule has 1 atom stereocenters. The quantitative estimate of drug-likeness (QED) is 0.670. The number of hydrogen-bond donors (Lipinski definition) is 2. The monoisotopic (exact) mass is 304 g/mol. The topological polar surface area (TPSA) is 87.4 Å². The van der Waals surface area contributed by atoms with Crippen LogP contribution in [-0.4, -0.2) is 17.6 Å². The first-order valence-electron chi connectivity index (χ1n) is 6.24. The van der Waals surface area contributed by atoms with Crippen LogP contribution in [0.4, 0.5) is 11.4 Å². The second-order valence-corrected chi connectivity index (χ2v) is 5.86. The Balaban J connectivity index is 2.34. The lowest BCUT2D eigenvalue weighted by molar-refractivity contribution is -0.114. The van der Waals surface area contributed by atoms with E-state index >= 15 is 0 Å². The van der Waals surface area contributed by atoms with E-state index in [1.54, 1.807) is 49.6 Å². The first-order chi connectivity index (χ1) is 10.0. The van der Waals surface area contributed by atoms with Crippen molar-refractivity contribution in [3.8, 4) is 5.75 Å². The Morgan fingerprint density at radius 1 is 1.24 bits per heavy atom. The van der Waals surface area contributed by atoms with Crippen LogP contribution >= 0.6 is 0 Å². The van der Waals surface area contributed by atoms with E-state index in [1.807, 2.05) is 0 Å². The van der Waals surface area contributed by atoms with Crippen molar-refractivity contribution < 1.29 is 14.1 Å². The van der Waals surface area contributed by atoms with Gasteiger partial charge in [-0.3, -0.25) is 4.79 Å². The van der Waals surface area contributed by atoms with Crippen molar-refractivity contribution in [3.63, 3.8) is 0 Å². The van der Waals surface area contributed by atoms with Gasteiger partial charge in [-0.2, -0.15) is 0 Å². The fraction of sp³-hybridized carbons (Fsp3) is 0.133. The van der Waals surface area contributed by atoms with Gasteiger partial charge in [0, 0.05) is 30.2 Å². The summed E-state index contributed by atoms with van der Waals surface area (Å²) in [4.78, 5) is 12.3. The fourth-order valence-corrected chi connectivity index (χ4v) is 2.92. The van der Waals surface area contributed by atoms with E-state index in [2.05, 4.69) is 5.32 Å². The molecule has 3 N–H and O–H groups in total. The van der Waals surface area contributed by atoms with Crippen molar-refractivity contribution in [2.75, 3.05) is 18.2 Å². The van der Waals surface area contributed by atoms with Crippen LogP contribution in [0.15, 0.2) is 52.3 Å². The van der Waals surface area contributed by atoms with Crippen molar-refractivity contribution in [1.82, 2.24) is 0 Å². The number of anilines is 2. The molecule has 0 fully saturated rings. The molecule has 110 valence electrons. The Morgan fingerprint density at radius 2 is 1.95 bits per heavy atom. The number of nitrogen functional groups attached to an aromatic ring is 1. The molecule has 0 aliphatic carbocycles. The molecule has 0 bridgehead atoms. The Kier molecular flexibility index (Phi) is 4.72. The average Bonchev–Trinajstić information content (AvgIpc) is 2.48. The molecule has 0 radical (unpaired) electrons. The number of hydrogen-bond acceptors (Lipinski definition) is 4. The van der Waals surface area contributed by atoms with E-state index in [0.717, 1.165) is 0 Å². The highest BCUT2D eigenvalue weighted by Gasteiger charge is 2.17. The fourth-order valence-electron chi connectivity index (χ4n) is 1.80. The lowest BCUT2D eigenvalue weighted by Gasteiger charge is -2.13. The molecule has 0 aliphatic rings. The zero-order valence-corrected chi connectivity index (χ0v) is 12.6. The molecular formula is C15H16N2O3S. The normalized spacial score (nSPS) is 11.8. The maximum Gasteiger partial charge on any atom is 0.221 e. The van der Waals surface area contributed by atoms with Crippen molar-refractivity contribution in [3.05, 3.63) is 42.5 Å². The first-order valence-corrected chi connectivity index (χ1v) is 7.39. The van der Waals surface area contributed by atoms with Gasteiger partial charge in [-0.15, -0.1) is 0 Å². The lowest BCUT2D eigenvalue weighted by Crippen LogP contribution is -2.10. The molecule has 0 saturated heterocycles. The Bertz CT molecular complexity index is 661. The van der Waals surface area contributed by atoms with Crippen molar-refractivity contribution >= 4 is 28.5 Å². The van der Waals surface area contributed by atoms with E-state index in [1.165, 1.54) is 6.92 Å². The Labute approximate surface area is 126 Å². The highest BCUT2D eigenvalue weighted by atomic mass is 32.2. The minimum atomic E-state index is -1.38. The third-order valence-corrected chi connectivity index (χ3v) is 4.17. The smallest absolute Gasteiger partial charge is 0.221 e. The maximum atomic E-state index is 12.6. The van der Waals surface area contributed by atoms with Gasteiger partial charge in [-0.05, 0) is 24.3 Å². The Morgan fingerprint density at radius 3 is 2.62 bits per heavy atom. The molecule has 21 heavy (non-hydrogen) atoms. The van der Waals surface area contributed by atoms with E-state index in [-0.39, 0.29) is 5.91 Å². The molecule has 0 spiro atoms. The number of amides is 1. The summed E-state index contributed by atoms with van der Waals surface area (Å²) < 4.78 is 17.7. The largest absolute Gasteiger partial charge is 0.606 e. The second kappa shape index (κ2) is 6.51. The number of carbonyl (C=O) groups excluding carboxylic acids is 1. The van der Waals surface area contributed by atoms with Gasteiger partial charge in [0.1, 0.15) is 5.75 Å². The summed E-state index contributed by atoms with van der Waals surface area (Å²) in [6.45, 7) is 1.39. The summed E-state index contributed by atoms with van der Waals surface area (Å²) in [6.07, 6.45) is 0. The van der Waals surface area contributed by atoms with E-state index < -0.39 is 11.2 Å². The number of nitrogens with two attached hydrogens (primary N) is 1. The highest BCUT2D eigenvalue weighted by molar-refractivity contribution is 7.91. The molecule has 6 heteroatoms. The molecule has 2 aromatic carbocycles. The van der Waals surface area contributed by atoms with Gasteiger partial charge in [-0.25, -0.2) is 0 Å². The van der Waals surface area contributed by atoms with Gasteiger partial charge in [0.15, 0.2) is 9.79 Å². The summed E-state index contributed by atoms with van der Waals surface area (Å²) in [5.74, 6) is 0.407. The number of carbonyl (C=O) groups is 1. The minimum absolute atomic E-state index is 0.231. The van der Waals surface area contributed by atoms with Crippen LogP contribution in [0.1, 0.15) is 6.92 Å². The van der Waals surface area contributed by atoms with Crippen molar-refractivity contribution in [2.45, 2.75) is 16.7 Å². The molecule has 5 nitrogen and oxygen atoms in total. The minimum Gasteiger partial charge on any atom is -0.606 e. The molecule has 0 saturated carbocycles. The zero-order valence-electron chi connectivity index (χ0n) is 11.8. The van der Waals surface area contributed by atoms with Gasteiger partial charge in [0.25, 0.3) is 0 Å². The molecule has 2 rings (SSSR count). The maximum absolute atomic E-state index is 12.6. The SMILES string of the molecule is COc1cccc([S+]([O-])c2ccc(N)c(NC(C)=O)c2)c1. The van der Waals surface area contributed by atoms with E-state index in [0.29, 0.717) is 26.9 Å². The predicted molar refractivity (Wildman–Crippen MR) is 82.8 cm³/mol. The first kappa shape index (κ1) is 15.2. The van der Waals surface area contributed by atoms with Crippen molar-refractivity contribution in [1.29, 1.82) is 0 Å². The number of ether oxygens (including phenoxy) is 1. The highest BCUT2D eigenvalue weighted by Crippen LogP contribution is 2.28. The third-order valence-electron chi connectivity index (χ3n) is 2.80. The number of rotatable bonds is 4. The van der Waals surface area contributed by atoms with Crippen LogP contribution in [-0.2, 0) is 16.0 Å². The summed E-state index contributed by atoms with van der Waals surface area (Å²) in [7, 11) is 1.56. The van der Waals surface area contributed by atoms with Gasteiger partial charge in [-0.1, -0.05) is 6.07 Å². The molecule has 0 heterocycles. The number of benzene rings is 2. The number of nitrogens with one attached hydrogen (secondary N) is 1. The second-order valence-electron chi connectivity index (χ2n) is 4.38. The average molecular weight is 304 g/mol. The molecule has 1 unspecified atom stereocenters. The van der Waals surface area contributed by atoms with Gasteiger partial charge < -0.3 is 20.3 Å². The van der Waals surface area contributed by atoms with Crippen LogP contribution < -0.4 is 15.8 Å². The van der Waals surface area contributed by atoms with Gasteiger partial charge in [0.2, 0.25) is 5.91 Å². The predicted octanol–water partition coefficient (Wildman–Crippen LogP) is 2.40. The van der Waals surface area contributed by atoms with Crippen LogP contribution in [0.2, 0.25) is 0 Å². The van der Waals surface area contributed by atoms with Crippen LogP contribution in [0, 0.1) is 0 Å². The third kappa shape index (κ3) is 3.68. The number of methoxy groups -OCH3 is 1. The summed E-state index contributed by atoms with van der Waals surface area (Å²) >= 11 is -1.38. The Hall–Kier alpha value is -2.18. The summed E-state index contributed by atoms with van der Waals surface area (Å²) in [5, 5.41) is 2.62. The molecule has 0 aromatic heterocycles.